The molecule has 2 aliphatic rings. The summed E-state index contributed by atoms with van der Waals surface area (Å²) in [4.78, 5) is 12.8. The van der Waals surface area contributed by atoms with Gasteiger partial charge in [0.1, 0.15) is 0 Å². The van der Waals surface area contributed by atoms with Crippen LogP contribution >= 0.6 is 0 Å². The average molecular weight is 515 g/mol. The minimum absolute atomic E-state index is 0.100. The van der Waals surface area contributed by atoms with E-state index in [0.717, 1.165) is 29.7 Å². The third kappa shape index (κ3) is 5.75. The number of alkyl halides is 6. The molecule has 1 aromatic carbocycles. The second-order valence-corrected chi connectivity index (χ2v) is 9.31. The molecule has 2 aromatic rings. The molecule has 1 fully saturated rings. The zero-order valence-corrected chi connectivity index (χ0v) is 20.2. The van der Waals surface area contributed by atoms with Gasteiger partial charge in [-0.3, -0.25) is 0 Å². The van der Waals surface area contributed by atoms with Crippen LogP contribution in [-0.2, 0) is 18.9 Å². The number of hydrogen-bond donors (Lipinski definition) is 1. The summed E-state index contributed by atoms with van der Waals surface area (Å²) in [6.45, 7) is 3.05. The van der Waals surface area contributed by atoms with Crippen molar-refractivity contribution in [2.45, 2.75) is 50.7 Å². The Bertz CT molecular complexity index is 1070. The van der Waals surface area contributed by atoms with Crippen LogP contribution in [0.4, 0.5) is 32.3 Å². The lowest BCUT2D eigenvalue weighted by atomic mass is 10.0. The highest BCUT2D eigenvalue weighted by Gasteiger charge is 2.38. The van der Waals surface area contributed by atoms with E-state index in [1.54, 1.807) is 22.3 Å². The molecule has 2 aliphatic heterocycles. The second kappa shape index (κ2) is 9.89. The molecule has 1 N–H and O–H groups in total. The summed E-state index contributed by atoms with van der Waals surface area (Å²) in [7, 11) is 3.81. The van der Waals surface area contributed by atoms with Crippen LogP contribution in [0, 0.1) is 0 Å². The largest absolute Gasteiger partial charge is 0.416 e. The van der Waals surface area contributed by atoms with Crippen molar-refractivity contribution in [3.05, 3.63) is 59.0 Å². The Hall–Kier alpha value is -2.86. The third-order valence-electron chi connectivity index (χ3n) is 6.71. The first-order valence-corrected chi connectivity index (χ1v) is 11.6. The van der Waals surface area contributed by atoms with E-state index >= 15 is 0 Å². The van der Waals surface area contributed by atoms with Crippen molar-refractivity contribution < 1.29 is 26.3 Å². The third-order valence-corrected chi connectivity index (χ3v) is 6.71. The highest BCUT2D eigenvalue weighted by molar-refractivity contribution is 5.67. The van der Waals surface area contributed by atoms with E-state index in [0.29, 0.717) is 19.5 Å². The lowest BCUT2D eigenvalue weighted by Crippen LogP contribution is -2.38. The van der Waals surface area contributed by atoms with Crippen molar-refractivity contribution in [1.29, 1.82) is 0 Å². The van der Waals surface area contributed by atoms with Gasteiger partial charge in [0.05, 0.1) is 11.1 Å². The fourth-order valence-corrected chi connectivity index (χ4v) is 4.77. The highest BCUT2D eigenvalue weighted by Crippen LogP contribution is 2.37. The first kappa shape index (κ1) is 26.2. The number of likely N-dealkylation sites (N-methyl/N-ethyl adjacent to an activating group) is 1. The number of nitrogens with one attached hydrogen (secondary N) is 1. The molecular formula is C24H28F6N6. The van der Waals surface area contributed by atoms with E-state index in [9.17, 15) is 26.3 Å². The van der Waals surface area contributed by atoms with E-state index in [1.165, 1.54) is 0 Å². The zero-order chi connectivity index (χ0) is 26.3. The molecule has 1 aromatic heterocycles. The molecule has 0 unspecified atom stereocenters. The molecule has 36 heavy (non-hydrogen) atoms. The topological polar surface area (TPSA) is 47.5 Å². The van der Waals surface area contributed by atoms with E-state index in [2.05, 4.69) is 20.3 Å². The molecular weight excluding hydrogens is 486 g/mol. The van der Waals surface area contributed by atoms with E-state index in [-0.39, 0.29) is 36.2 Å². The van der Waals surface area contributed by atoms with Gasteiger partial charge < -0.3 is 14.8 Å². The van der Waals surface area contributed by atoms with Crippen molar-refractivity contribution in [2.75, 3.05) is 32.1 Å². The second-order valence-electron chi connectivity index (χ2n) is 9.31. The summed E-state index contributed by atoms with van der Waals surface area (Å²) < 4.78 is 80.6. The Kier molecular flexibility index (Phi) is 7.20. The van der Waals surface area contributed by atoms with Crippen LogP contribution in [0.25, 0.3) is 5.57 Å². The Balaban J connectivity index is 1.70. The minimum Gasteiger partial charge on any atom is -0.332 e. The minimum atomic E-state index is -4.91. The molecule has 0 radical (unpaired) electrons. The maximum absolute atomic E-state index is 13.4. The van der Waals surface area contributed by atoms with E-state index in [4.69, 9.17) is 0 Å². The molecule has 0 aliphatic carbocycles. The standard InChI is InChI=1S/C24H28F6N6/c1-4-20-8-21(14-34(20)2)36(22-31-9-16(10-32-22)17-11-33-35(3)13-17)12-15-5-18(23(25,26)27)7-19(6-15)24(28,29)30/h5-7,9-10,13,20-21,33H,4,8,11-12,14H2,1-3H3/t20-,21+/m1/s1. The number of nitrogens with zero attached hydrogens (tertiary/aromatic N) is 5. The van der Waals surface area contributed by atoms with Crippen LogP contribution in [0.1, 0.15) is 42.0 Å². The van der Waals surface area contributed by atoms with Crippen molar-refractivity contribution in [3.8, 4) is 0 Å². The Morgan fingerprint density at radius 3 is 2.08 bits per heavy atom. The van der Waals surface area contributed by atoms with Gasteiger partial charge in [-0.05, 0) is 49.2 Å². The molecule has 0 saturated carbocycles. The van der Waals surface area contributed by atoms with Crippen LogP contribution in [-0.4, -0.2) is 59.1 Å². The van der Waals surface area contributed by atoms with Gasteiger partial charge in [0, 0.05) is 62.9 Å². The van der Waals surface area contributed by atoms with Gasteiger partial charge in [0.2, 0.25) is 5.95 Å². The SMILES string of the molecule is CC[C@@H]1C[C@H](N(Cc2cc(C(F)(F)F)cc(C(F)(F)F)c2)c2ncc(C3=CN(C)NC3)cn2)CN1C. The fourth-order valence-electron chi connectivity index (χ4n) is 4.77. The number of likely N-dealkylation sites (tertiary alicyclic amines) is 1. The van der Waals surface area contributed by atoms with Gasteiger partial charge in [0.15, 0.2) is 0 Å². The molecule has 0 bridgehead atoms. The summed E-state index contributed by atoms with van der Waals surface area (Å²) in [6, 6.07) is 1.77. The molecule has 3 heterocycles. The molecule has 2 atom stereocenters. The lowest BCUT2D eigenvalue weighted by molar-refractivity contribution is -0.143. The number of anilines is 1. The fraction of sp³-hybridized carbons (Fsp3) is 0.500. The smallest absolute Gasteiger partial charge is 0.332 e. The predicted octanol–water partition coefficient (Wildman–Crippen LogP) is 4.79. The van der Waals surface area contributed by atoms with Gasteiger partial charge in [-0.15, -0.1) is 0 Å². The summed E-state index contributed by atoms with van der Waals surface area (Å²) in [5.41, 5.74) is 2.11. The number of hydrazine groups is 1. The maximum atomic E-state index is 13.4. The number of rotatable bonds is 6. The lowest BCUT2D eigenvalue weighted by Gasteiger charge is -2.29. The van der Waals surface area contributed by atoms with Crippen LogP contribution in [0.3, 0.4) is 0 Å². The van der Waals surface area contributed by atoms with E-state index < -0.39 is 23.5 Å². The van der Waals surface area contributed by atoms with Crippen molar-refractivity contribution in [1.82, 2.24) is 25.3 Å². The van der Waals surface area contributed by atoms with Crippen molar-refractivity contribution in [2.24, 2.45) is 0 Å². The molecule has 1 saturated heterocycles. The van der Waals surface area contributed by atoms with Crippen LogP contribution < -0.4 is 10.3 Å². The van der Waals surface area contributed by atoms with Gasteiger partial charge in [-0.2, -0.15) is 26.3 Å². The number of hydrogen-bond acceptors (Lipinski definition) is 6. The van der Waals surface area contributed by atoms with Crippen LogP contribution in [0.2, 0.25) is 0 Å². The summed E-state index contributed by atoms with van der Waals surface area (Å²) in [6.07, 6.45) is -3.09. The highest BCUT2D eigenvalue weighted by atomic mass is 19.4. The Morgan fingerprint density at radius 1 is 1.00 bits per heavy atom. The molecule has 12 heteroatoms. The Labute approximate surface area is 205 Å². The molecule has 4 rings (SSSR count). The summed E-state index contributed by atoms with van der Waals surface area (Å²) in [5.74, 6) is 0.264. The van der Waals surface area contributed by atoms with Gasteiger partial charge in [-0.1, -0.05) is 6.92 Å². The monoisotopic (exact) mass is 514 g/mol. The van der Waals surface area contributed by atoms with Crippen molar-refractivity contribution in [3.63, 3.8) is 0 Å². The Morgan fingerprint density at radius 2 is 1.61 bits per heavy atom. The average Bonchev–Trinajstić information content (AvgIpc) is 3.41. The van der Waals surface area contributed by atoms with E-state index in [1.807, 2.05) is 27.2 Å². The van der Waals surface area contributed by atoms with Gasteiger partial charge in [0.25, 0.3) is 0 Å². The number of benzene rings is 1. The normalized spacial score (nSPS) is 21.2. The van der Waals surface area contributed by atoms with Gasteiger partial charge in [-0.25, -0.2) is 15.4 Å². The molecule has 6 nitrogen and oxygen atoms in total. The van der Waals surface area contributed by atoms with Crippen LogP contribution in [0.15, 0.2) is 36.8 Å². The van der Waals surface area contributed by atoms with Gasteiger partial charge >= 0.3 is 12.4 Å². The summed E-state index contributed by atoms with van der Waals surface area (Å²) >= 11 is 0. The molecule has 196 valence electrons. The molecule has 0 spiro atoms. The number of aromatic nitrogens is 2. The number of halogens is 6. The molecule has 0 amide bonds. The summed E-state index contributed by atoms with van der Waals surface area (Å²) in [5, 5.41) is 1.81. The van der Waals surface area contributed by atoms with Crippen LogP contribution in [0.5, 0.6) is 0 Å². The first-order valence-electron chi connectivity index (χ1n) is 11.6. The predicted molar refractivity (Wildman–Crippen MR) is 124 cm³/mol. The quantitative estimate of drug-likeness (QED) is 0.560. The maximum Gasteiger partial charge on any atom is 0.416 e. The first-order chi connectivity index (χ1) is 16.8. The zero-order valence-electron chi connectivity index (χ0n) is 20.2. The van der Waals surface area contributed by atoms with Crippen molar-refractivity contribution >= 4 is 11.5 Å².